The molecule has 0 aromatic carbocycles. The molecule has 0 saturated carbocycles. The summed E-state index contributed by atoms with van der Waals surface area (Å²) in [6.45, 7) is 0. The normalized spacial score (nSPS) is 0. The summed E-state index contributed by atoms with van der Waals surface area (Å²) < 4.78 is 0. The van der Waals surface area contributed by atoms with Gasteiger partial charge >= 0.3 is 75.6 Å². The summed E-state index contributed by atoms with van der Waals surface area (Å²) in [4.78, 5) is 0. The first-order valence-electron chi connectivity index (χ1n) is 0. The predicted octanol–water partition coefficient (Wildman–Crippen LogP) is -13.4. The van der Waals surface area contributed by atoms with Crippen molar-refractivity contribution in [1.29, 1.82) is 0 Å². The van der Waals surface area contributed by atoms with E-state index in [1.54, 1.807) is 0 Å². The van der Waals surface area contributed by atoms with Gasteiger partial charge in [0.1, 0.15) is 0 Å². The second-order valence-electron chi connectivity index (χ2n) is 0. The van der Waals surface area contributed by atoms with Crippen LogP contribution < -0.4 is 71.4 Å². The summed E-state index contributed by atoms with van der Waals surface area (Å²) in [5, 5.41) is 0. The van der Waals surface area contributed by atoms with Crippen LogP contribution in [0.5, 0.6) is 0 Å². The fraction of sp³-hybridized carbons (Fsp3) is 0. The molecular weight excluding hydrogens is 1190 g/mol. The van der Waals surface area contributed by atoms with Gasteiger partial charge in [0.15, 0.2) is 0 Å². The summed E-state index contributed by atoms with van der Waals surface area (Å²) in [7, 11) is 0. The molecule has 1 radical (unpaired) electrons. The molecule has 0 amide bonds. The molecular formula is H26Mo6N2Na2NiO30-35. The molecule has 0 fully saturated rings. The van der Waals surface area contributed by atoms with Crippen molar-refractivity contribution in [2.75, 3.05) is 0 Å². The zero-order chi connectivity index (χ0) is 0. The predicted molar refractivity (Wildman–Crippen MR) is 57.6 cm³/mol. The van der Waals surface area contributed by atoms with Gasteiger partial charge in [0.2, 0.25) is 0 Å². The second kappa shape index (κ2) is 3120. The first-order valence-corrected chi connectivity index (χ1v) is 0. The largest absolute Gasteiger partial charge is 3.00 e. The standard InChI is InChI=1S/6Mo.2H3N.2Na.Ni.12H2O.18O/h;;;;;;2*1H3;;;;12*1H2;;;;;;;;;;;;;;;;;;/q;;;;;;;;2*+1;+3;;;;;;;;;;;;;18*-2/p-4. The van der Waals surface area contributed by atoms with Crippen LogP contribution in [0.1, 0.15) is 0 Å². The van der Waals surface area contributed by atoms with Crippen LogP contribution in [0.3, 0.4) is 0 Å². The first kappa shape index (κ1) is 3340. The number of hydrogen-bond donors (Lipinski definition) is 2. The summed E-state index contributed by atoms with van der Waals surface area (Å²) >= 11 is 0. The van der Waals surface area contributed by atoms with Gasteiger partial charge in [0.05, 0.1) is 0 Å². The minimum absolute atomic E-state index is 0. The third-order valence-electron chi connectivity index (χ3n) is 0. The van der Waals surface area contributed by atoms with E-state index in [4.69, 9.17) is 0 Å². The maximum Gasteiger partial charge on any atom is 3.00 e. The molecule has 299 valence electrons. The maximum absolute atomic E-state index is 0. The van der Waals surface area contributed by atoms with E-state index in [2.05, 4.69) is 0 Å². The molecule has 0 rings (SSSR count). The number of hydrogen-bond acceptors (Lipinski definition) is 6. The van der Waals surface area contributed by atoms with E-state index < -0.39 is 0 Å². The molecule has 0 aliphatic rings. The fourth-order valence-electron chi connectivity index (χ4n) is 0. The maximum atomic E-state index is 0. The summed E-state index contributed by atoms with van der Waals surface area (Å²) in [5.41, 5.74) is 0. The Balaban J connectivity index is 0. The quantitative estimate of drug-likeness (QED) is 0.222. The molecule has 41 heavy (non-hydrogen) atoms. The molecule has 0 saturated heterocycles. The Bertz CT molecular complexity index is 52.9. The average Bonchev–Trinajstić information content (AvgIpc) is 0. The molecule has 0 heterocycles. The van der Waals surface area contributed by atoms with E-state index in [0.29, 0.717) is 0 Å². The van der Waals surface area contributed by atoms with Crippen LogP contribution in [-0.4, -0.2) is 65.7 Å². The third-order valence-corrected chi connectivity index (χ3v) is 0. The van der Waals surface area contributed by atoms with Crippen molar-refractivity contribution in [2.24, 2.45) is 0 Å². The van der Waals surface area contributed by atoms with Crippen molar-refractivity contribution in [2.45, 2.75) is 0 Å². The molecule has 0 aromatic heterocycles. The van der Waals surface area contributed by atoms with Crippen molar-refractivity contribution in [3.8, 4) is 0 Å². The van der Waals surface area contributed by atoms with E-state index in [1.807, 2.05) is 0 Å². The molecule has 0 aliphatic heterocycles. The Hall–Kier alpha value is 5.34. The molecule has 0 spiro atoms. The van der Waals surface area contributed by atoms with Gasteiger partial charge < -0.3 is 177 Å². The molecule has 0 aromatic rings. The van der Waals surface area contributed by atoms with Gasteiger partial charge in [-0.15, -0.1) is 0 Å². The van der Waals surface area contributed by atoms with Crippen LogP contribution in [0, 0.1) is 0 Å². The van der Waals surface area contributed by atoms with Crippen LogP contribution in [0.4, 0.5) is 0 Å². The Kier molecular flexibility index (Phi) is 254000. The van der Waals surface area contributed by atoms with Crippen LogP contribution in [0.15, 0.2) is 0 Å². The molecule has 32 nitrogen and oxygen atoms in total. The number of rotatable bonds is 0. The van der Waals surface area contributed by atoms with Crippen LogP contribution in [0.25, 0.3) is 0 Å². The van der Waals surface area contributed by atoms with E-state index in [0.717, 1.165) is 0 Å². The van der Waals surface area contributed by atoms with Crippen LogP contribution in [0.2, 0.25) is 0 Å². The summed E-state index contributed by atoms with van der Waals surface area (Å²) in [6, 6.07) is 0. The zero-order valence-electron chi connectivity index (χ0n) is 19.8. The van der Waals surface area contributed by atoms with Gasteiger partial charge in [-0.1, -0.05) is 0 Å². The zero-order valence-corrected chi connectivity index (χ0v) is 36.8. The number of quaternary nitrogens is 2. The van der Waals surface area contributed by atoms with Gasteiger partial charge in [-0.05, 0) is 0 Å². The third kappa shape index (κ3) is 2980. The molecule has 0 atom stereocenters. The van der Waals surface area contributed by atoms with Crippen LogP contribution >= 0.6 is 0 Å². The van der Waals surface area contributed by atoms with Gasteiger partial charge in [0.25, 0.3) is 0 Å². The van der Waals surface area contributed by atoms with Crippen LogP contribution in [-0.2, 0) is 241 Å². The SMILES string of the molecule is O.O.O.O.O.O.[Mo].[Mo].[Mo].[Mo].[Mo].[Mo].[NH4+].[NH4+].[Na+].[Na+].[Ni+3].[O-2].[O-2].[O-2].[O-2].[O-2].[O-2].[O-2].[O-2].[O-2].[O-2].[O-2].[O-2].[O-2].[O-2].[O-2].[O-2].[O-2].[O-2].[OH-].[OH-].[OH-].[OH-].[OH-].[OH-]. The molecule has 0 unspecified atom stereocenters. The van der Waals surface area contributed by atoms with E-state index in [9.17, 15) is 0 Å². The van der Waals surface area contributed by atoms with Gasteiger partial charge in [-0.3, -0.25) is 0 Å². The Labute approximate surface area is 373 Å². The van der Waals surface area contributed by atoms with Crippen molar-refractivity contribution in [1.82, 2.24) is 12.3 Å². The summed E-state index contributed by atoms with van der Waals surface area (Å²) in [5.74, 6) is 0. The van der Waals surface area contributed by atoms with Gasteiger partial charge in [-0.25, -0.2) is 0 Å². The van der Waals surface area contributed by atoms with E-state index in [1.165, 1.54) is 0 Å². The topological polar surface area (TPSA) is 955 Å². The summed E-state index contributed by atoms with van der Waals surface area (Å²) in [6.07, 6.45) is 0. The fourth-order valence-corrected chi connectivity index (χ4v) is 0. The van der Waals surface area contributed by atoms with Crippen molar-refractivity contribution < 1.29 is 366 Å². The van der Waals surface area contributed by atoms with Gasteiger partial charge in [0, 0.05) is 126 Å². The molecule has 0 aliphatic carbocycles. The smallest absolute Gasteiger partial charge is 2.00 e. The second-order valence-corrected chi connectivity index (χ2v) is 0. The Morgan fingerprint density at radius 1 is 0.171 bits per heavy atom. The Morgan fingerprint density at radius 2 is 0.171 bits per heavy atom. The van der Waals surface area contributed by atoms with E-state index >= 15 is 0 Å². The Morgan fingerprint density at radius 3 is 0.171 bits per heavy atom. The van der Waals surface area contributed by atoms with Crippen molar-refractivity contribution in [3.05, 3.63) is 0 Å². The van der Waals surface area contributed by atoms with E-state index in [-0.39, 0.29) is 379 Å². The molecule has 26 N–H and O–H groups in total. The minimum Gasteiger partial charge on any atom is -2.00 e. The average molecular weight is 1210 g/mol. The van der Waals surface area contributed by atoms with Gasteiger partial charge in [-0.2, -0.15) is 0 Å². The van der Waals surface area contributed by atoms with Crippen molar-refractivity contribution >= 4 is 0 Å². The first-order chi connectivity index (χ1) is 0. The molecule has 0 bridgehead atoms. The molecule has 41 heteroatoms. The monoisotopic (exact) mass is 1230 g/mol. The minimum atomic E-state index is 0. The van der Waals surface area contributed by atoms with Crippen molar-refractivity contribution in [3.63, 3.8) is 0 Å².